The Labute approximate surface area is 133 Å². The Morgan fingerprint density at radius 1 is 1.50 bits per heavy atom. The zero-order chi connectivity index (χ0) is 15.4. The maximum Gasteiger partial charge on any atom is 0.265 e. The molecule has 0 aliphatic carbocycles. The number of aromatic nitrogens is 2. The third-order valence-corrected chi connectivity index (χ3v) is 4.77. The molecule has 2 aromatic heterocycles. The first-order valence-corrected chi connectivity index (χ1v) is 8.43. The Morgan fingerprint density at radius 3 is 3.00 bits per heavy atom. The first-order valence-electron chi connectivity index (χ1n) is 7.66. The summed E-state index contributed by atoms with van der Waals surface area (Å²) in [7, 11) is 0. The number of carbonyl (C=O) groups is 1. The number of furan rings is 1. The second-order valence-electron chi connectivity index (χ2n) is 5.39. The Hall–Kier alpha value is -1.73. The molecule has 0 unspecified atom stereocenters. The molecule has 1 N–H and O–H groups in total. The van der Waals surface area contributed by atoms with Crippen molar-refractivity contribution in [1.82, 2.24) is 19.8 Å². The van der Waals surface area contributed by atoms with Crippen molar-refractivity contribution in [1.29, 1.82) is 0 Å². The van der Waals surface area contributed by atoms with Crippen LogP contribution in [0.15, 0.2) is 22.8 Å². The Kier molecular flexibility index (Phi) is 4.84. The quantitative estimate of drug-likeness (QED) is 0.884. The van der Waals surface area contributed by atoms with Gasteiger partial charge in [-0.3, -0.25) is 9.69 Å². The summed E-state index contributed by atoms with van der Waals surface area (Å²) >= 11 is 1.15. The maximum absolute atomic E-state index is 12.3. The number of nitrogens with one attached hydrogen (secondary N) is 1. The van der Waals surface area contributed by atoms with E-state index in [0.717, 1.165) is 36.1 Å². The normalized spacial score (nSPS) is 16.8. The zero-order valence-electron chi connectivity index (χ0n) is 12.6. The molecule has 118 valence electrons. The fraction of sp³-hybridized carbons (Fsp3) is 0.533. The van der Waals surface area contributed by atoms with Crippen molar-refractivity contribution >= 4 is 17.4 Å². The van der Waals surface area contributed by atoms with Crippen LogP contribution in [-0.4, -0.2) is 40.0 Å². The van der Waals surface area contributed by atoms with E-state index in [0.29, 0.717) is 17.8 Å². The van der Waals surface area contributed by atoms with E-state index in [2.05, 4.69) is 19.8 Å². The van der Waals surface area contributed by atoms with Gasteiger partial charge in [0.1, 0.15) is 10.6 Å². The van der Waals surface area contributed by atoms with Crippen LogP contribution in [0.2, 0.25) is 0 Å². The lowest BCUT2D eigenvalue weighted by molar-refractivity contribution is 0.0936. The zero-order valence-corrected chi connectivity index (χ0v) is 13.4. The lowest BCUT2D eigenvalue weighted by Crippen LogP contribution is -2.36. The lowest BCUT2D eigenvalue weighted by atomic mass is 10.2. The number of amides is 1. The van der Waals surface area contributed by atoms with Crippen molar-refractivity contribution in [3.8, 4) is 0 Å². The van der Waals surface area contributed by atoms with Gasteiger partial charge in [0.05, 0.1) is 18.0 Å². The summed E-state index contributed by atoms with van der Waals surface area (Å²) in [5, 5.41) is 7.00. The van der Waals surface area contributed by atoms with E-state index in [9.17, 15) is 4.79 Å². The summed E-state index contributed by atoms with van der Waals surface area (Å²) in [4.78, 5) is 15.3. The first kappa shape index (κ1) is 15.2. The highest BCUT2D eigenvalue weighted by Gasteiger charge is 2.26. The highest BCUT2D eigenvalue weighted by atomic mass is 32.1. The molecule has 2 aromatic rings. The second-order valence-corrected chi connectivity index (χ2v) is 6.14. The fourth-order valence-corrected chi connectivity index (χ4v) is 3.49. The summed E-state index contributed by atoms with van der Waals surface area (Å²) in [5.74, 6) is 0.808. The Morgan fingerprint density at radius 2 is 2.32 bits per heavy atom. The van der Waals surface area contributed by atoms with Crippen LogP contribution in [0.5, 0.6) is 0 Å². The molecule has 0 bridgehead atoms. The number of hydrogen-bond acceptors (Lipinski definition) is 6. The van der Waals surface area contributed by atoms with Crippen molar-refractivity contribution < 1.29 is 9.21 Å². The molecule has 1 aliphatic rings. The van der Waals surface area contributed by atoms with Gasteiger partial charge in [0.25, 0.3) is 5.91 Å². The summed E-state index contributed by atoms with van der Waals surface area (Å²) in [6.07, 6.45) is 4.79. The molecular formula is C15H20N4O2S. The average molecular weight is 320 g/mol. The number of likely N-dealkylation sites (tertiary alicyclic amines) is 1. The third kappa shape index (κ3) is 3.20. The fourth-order valence-electron chi connectivity index (χ4n) is 2.83. The Balaban J connectivity index is 1.67. The SMILES string of the molecule is CCc1nnsc1C(=O)NC[C@H](c1ccco1)N1CCCC1. The van der Waals surface area contributed by atoms with Crippen molar-refractivity contribution in [2.24, 2.45) is 0 Å². The minimum Gasteiger partial charge on any atom is -0.468 e. The highest BCUT2D eigenvalue weighted by Crippen LogP contribution is 2.25. The van der Waals surface area contributed by atoms with Gasteiger partial charge in [-0.25, -0.2) is 0 Å². The van der Waals surface area contributed by atoms with Crippen LogP contribution in [0.4, 0.5) is 0 Å². The molecule has 6 nitrogen and oxygen atoms in total. The van der Waals surface area contributed by atoms with E-state index in [1.165, 1.54) is 12.8 Å². The first-order chi connectivity index (χ1) is 10.8. The van der Waals surface area contributed by atoms with Gasteiger partial charge in [-0.2, -0.15) is 0 Å². The summed E-state index contributed by atoms with van der Waals surface area (Å²) in [6.45, 7) is 4.60. The van der Waals surface area contributed by atoms with E-state index in [1.807, 2.05) is 19.1 Å². The standard InChI is InChI=1S/C15H20N4O2S/c1-2-11-14(22-18-17-11)15(20)16-10-12(13-6-5-9-21-13)19-7-3-4-8-19/h5-6,9,12H,2-4,7-8,10H2,1H3,(H,16,20)/t12-/m1/s1. The van der Waals surface area contributed by atoms with E-state index >= 15 is 0 Å². The van der Waals surface area contributed by atoms with Gasteiger partial charge in [-0.05, 0) is 56.0 Å². The van der Waals surface area contributed by atoms with Gasteiger partial charge in [0.2, 0.25) is 0 Å². The van der Waals surface area contributed by atoms with Crippen LogP contribution in [0.25, 0.3) is 0 Å². The Bertz CT molecular complexity index is 605. The van der Waals surface area contributed by atoms with Gasteiger partial charge in [0, 0.05) is 6.54 Å². The minimum absolute atomic E-state index is 0.0902. The van der Waals surface area contributed by atoms with Gasteiger partial charge in [-0.1, -0.05) is 11.4 Å². The minimum atomic E-state index is -0.0948. The maximum atomic E-state index is 12.3. The molecule has 0 aromatic carbocycles. The molecule has 1 fully saturated rings. The summed E-state index contributed by atoms with van der Waals surface area (Å²) in [5.41, 5.74) is 0.762. The van der Waals surface area contributed by atoms with Crippen LogP contribution in [0, 0.1) is 0 Å². The number of rotatable bonds is 6. The van der Waals surface area contributed by atoms with E-state index in [1.54, 1.807) is 6.26 Å². The largest absolute Gasteiger partial charge is 0.468 e. The van der Waals surface area contributed by atoms with Crippen molar-refractivity contribution in [2.75, 3.05) is 19.6 Å². The average Bonchev–Trinajstić information content (AvgIpc) is 3.28. The monoisotopic (exact) mass is 320 g/mol. The molecule has 0 saturated carbocycles. The van der Waals surface area contributed by atoms with E-state index < -0.39 is 0 Å². The van der Waals surface area contributed by atoms with Gasteiger partial charge in [0.15, 0.2) is 0 Å². The van der Waals surface area contributed by atoms with E-state index in [-0.39, 0.29) is 11.9 Å². The molecule has 0 radical (unpaired) electrons. The summed E-state index contributed by atoms with van der Waals surface area (Å²) in [6, 6.07) is 3.95. The number of nitrogens with zero attached hydrogens (tertiary/aromatic N) is 3. The van der Waals surface area contributed by atoms with Crippen molar-refractivity contribution in [3.05, 3.63) is 34.7 Å². The van der Waals surface area contributed by atoms with Gasteiger partial charge < -0.3 is 9.73 Å². The molecule has 1 amide bonds. The lowest BCUT2D eigenvalue weighted by Gasteiger charge is -2.25. The van der Waals surface area contributed by atoms with Gasteiger partial charge >= 0.3 is 0 Å². The molecule has 3 rings (SSSR count). The molecule has 7 heteroatoms. The van der Waals surface area contributed by atoms with Crippen LogP contribution in [-0.2, 0) is 6.42 Å². The number of aryl methyl sites for hydroxylation is 1. The van der Waals surface area contributed by atoms with Crippen LogP contribution >= 0.6 is 11.5 Å². The smallest absolute Gasteiger partial charge is 0.265 e. The molecule has 22 heavy (non-hydrogen) atoms. The van der Waals surface area contributed by atoms with Crippen molar-refractivity contribution in [2.45, 2.75) is 32.2 Å². The van der Waals surface area contributed by atoms with Crippen LogP contribution in [0.1, 0.15) is 46.9 Å². The van der Waals surface area contributed by atoms with Gasteiger partial charge in [-0.15, -0.1) is 5.10 Å². The molecular weight excluding hydrogens is 300 g/mol. The molecule has 1 saturated heterocycles. The van der Waals surface area contributed by atoms with E-state index in [4.69, 9.17) is 4.42 Å². The molecule has 1 aliphatic heterocycles. The number of carbonyl (C=O) groups excluding carboxylic acids is 1. The van der Waals surface area contributed by atoms with Crippen molar-refractivity contribution in [3.63, 3.8) is 0 Å². The highest BCUT2D eigenvalue weighted by molar-refractivity contribution is 7.08. The topological polar surface area (TPSA) is 71.3 Å². The number of hydrogen-bond donors (Lipinski definition) is 1. The predicted octanol–water partition coefficient (Wildman–Crippen LogP) is 2.26. The summed E-state index contributed by atoms with van der Waals surface area (Å²) < 4.78 is 9.43. The van der Waals surface area contributed by atoms with Crippen LogP contribution in [0.3, 0.4) is 0 Å². The molecule has 0 spiro atoms. The molecule has 1 atom stereocenters. The predicted molar refractivity (Wildman–Crippen MR) is 83.9 cm³/mol. The van der Waals surface area contributed by atoms with Crippen LogP contribution < -0.4 is 5.32 Å². The second kappa shape index (κ2) is 7.02. The third-order valence-electron chi connectivity index (χ3n) is 4.01. The molecule has 3 heterocycles.